The van der Waals surface area contributed by atoms with Gasteiger partial charge in [-0.05, 0) is 115 Å². The van der Waals surface area contributed by atoms with Gasteiger partial charge in [-0.3, -0.25) is 4.99 Å². The fourth-order valence-electron chi connectivity index (χ4n) is 3.33. The van der Waals surface area contributed by atoms with E-state index in [9.17, 15) is 4.39 Å². The van der Waals surface area contributed by atoms with E-state index in [0.29, 0.717) is 11.4 Å². The van der Waals surface area contributed by atoms with Gasteiger partial charge >= 0.3 is 0 Å². The zero-order valence-electron chi connectivity index (χ0n) is 24.8. The molecule has 0 aliphatic carbocycles. The third kappa shape index (κ3) is 15.0. The average molecular weight is 508 g/mol. The summed E-state index contributed by atoms with van der Waals surface area (Å²) >= 11 is 0. The second-order valence-electron chi connectivity index (χ2n) is 9.43. The average Bonchev–Trinajstić information content (AvgIpc) is 2.87. The number of piperidine rings is 1. The summed E-state index contributed by atoms with van der Waals surface area (Å²) in [5, 5.41) is 3.03. The molecule has 0 amide bonds. The number of halogens is 1. The summed E-state index contributed by atoms with van der Waals surface area (Å²) in [7, 11) is 2.20. The van der Waals surface area contributed by atoms with Gasteiger partial charge in [0.2, 0.25) is 0 Å². The summed E-state index contributed by atoms with van der Waals surface area (Å²) in [4.78, 5) is 6.81. The molecule has 0 atom stereocenters. The van der Waals surface area contributed by atoms with Gasteiger partial charge < -0.3 is 10.2 Å². The molecule has 0 bridgehead atoms. The fourth-order valence-corrected chi connectivity index (χ4v) is 3.33. The van der Waals surface area contributed by atoms with Crippen molar-refractivity contribution in [3.8, 4) is 0 Å². The van der Waals surface area contributed by atoms with Crippen LogP contribution in [0.5, 0.6) is 0 Å². The fraction of sp³-hybridized carbons (Fsp3) is 0.424. The van der Waals surface area contributed by atoms with Crippen LogP contribution in [0, 0.1) is 18.7 Å². The summed E-state index contributed by atoms with van der Waals surface area (Å²) < 4.78 is 14.6. The van der Waals surface area contributed by atoms with Crippen LogP contribution >= 0.6 is 0 Å². The molecule has 1 heterocycles. The normalized spacial score (nSPS) is 15.4. The van der Waals surface area contributed by atoms with Crippen molar-refractivity contribution in [1.82, 2.24) is 4.90 Å². The first kappa shape index (κ1) is 34.0. The first-order valence-corrected chi connectivity index (χ1v) is 13.3. The number of aliphatic imine (C=N–C) groups is 1. The Morgan fingerprint density at radius 3 is 2.19 bits per heavy atom. The number of benzene rings is 1. The lowest BCUT2D eigenvalue weighted by atomic mass is 10.00. The maximum atomic E-state index is 14.6. The first-order valence-electron chi connectivity index (χ1n) is 13.3. The van der Waals surface area contributed by atoms with E-state index in [1.807, 2.05) is 84.9 Å². The van der Waals surface area contributed by atoms with Gasteiger partial charge in [0.15, 0.2) is 0 Å². The summed E-state index contributed by atoms with van der Waals surface area (Å²) in [6.45, 7) is 26.2. The van der Waals surface area contributed by atoms with Gasteiger partial charge in [-0.15, -0.1) is 0 Å². The third-order valence-corrected chi connectivity index (χ3v) is 5.71. The number of nitrogens with zero attached hydrogens (tertiary/aromatic N) is 2. The van der Waals surface area contributed by atoms with Gasteiger partial charge in [-0.2, -0.15) is 0 Å². The van der Waals surface area contributed by atoms with Gasteiger partial charge in [-0.25, -0.2) is 4.39 Å². The Kier molecular flexibility index (Phi) is 17.6. The lowest BCUT2D eigenvalue weighted by molar-refractivity contribution is 0.230. The van der Waals surface area contributed by atoms with Gasteiger partial charge in [0, 0.05) is 17.6 Å². The maximum absolute atomic E-state index is 14.6. The summed E-state index contributed by atoms with van der Waals surface area (Å²) in [5.41, 5.74) is 5.38. The molecule has 1 aliphatic rings. The molecular formula is C33H50FN3. The van der Waals surface area contributed by atoms with Crippen LogP contribution in [0.25, 0.3) is 5.57 Å². The van der Waals surface area contributed by atoms with E-state index in [1.165, 1.54) is 32.0 Å². The van der Waals surface area contributed by atoms with Gasteiger partial charge in [0.05, 0.1) is 5.69 Å². The highest BCUT2D eigenvalue weighted by molar-refractivity contribution is 5.94. The minimum atomic E-state index is -0.318. The van der Waals surface area contributed by atoms with Crippen molar-refractivity contribution in [2.75, 3.05) is 25.5 Å². The topological polar surface area (TPSA) is 27.6 Å². The summed E-state index contributed by atoms with van der Waals surface area (Å²) in [5.74, 6) is 0.660. The largest absolute Gasteiger partial charge is 0.353 e. The standard InChI is InChI=1S/C24H29FN2.C7H15N.C2H6/c1-8-9-10-11-21(7)27-24-18(4)14-22(15-23(24)25)19(5)16-26-20(6)13-12-17(2)3;1-7-3-5-8(2)6-4-7;1-2/h8-16,27H,2,7H2,1,3-6H3;7H,3-6H2,1-2H3;1-2H3/b9-8-,11-10-,13-12-,19-16+,26-20+;;. The minimum absolute atomic E-state index is 0.318. The molecule has 37 heavy (non-hydrogen) atoms. The Labute approximate surface area is 227 Å². The van der Waals surface area contributed by atoms with Crippen LogP contribution in [-0.4, -0.2) is 30.7 Å². The van der Waals surface area contributed by atoms with Crippen LogP contribution in [0.1, 0.15) is 72.4 Å². The number of hydrogen-bond acceptors (Lipinski definition) is 3. The van der Waals surface area contributed by atoms with E-state index in [-0.39, 0.29) is 5.82 Å². The summed E-state index contributed by atoms with van der Waals surface area (Å²) in [6, 6.07) is 3.45. The van der Waals surface area contributed by atoms with Crippen molar-refractivity contribution in [1.29, 1.82) is 0 Å². The first-order chi connectivity index (χ1) is 17.5. The Morgan fingerprint density at radius 1 is 1.05 bits per heavy atom. The Bertz CT molecular complexity index is 967. The second-order valence-corrected chi connectivity index (χ2v) is 9.43. The number of nitrogens with one attached hydrogen (secondary N) is 1. The molecule has 1 saturated heterocycles. The number of allylic oxidation sites excluding steroid dienone is 8. The van der Waals surface area contributed by atoms with Crippen LogP contribution in [0.3, 0.4) is 0 Å². The number of rotatable bonds is 8. The SMILES string of the molecule is C=C(C)\C=C/C(C)=N/C=C(\C)c1cc(C)c(NC(=C)/C=C\C=C/C)c(F)c1.CC.CC1CCN(C)CC1. The highest BCUT2D eigenvalue weighted by Gasteiger charge is 2.11. The van der Waals surface area contributed by atoms with Gasteiger partial charge in [0.1, 0.15) is 5.82 Å². The van der Waals surface area contributed by atoms with Crippen molar-refractivity contribution in [3.63, 3.8) is 0 Å². The molecule has 1 aliphatic heterocycles. The van der Waals surface area contributed by atoms with Crippen molar-refractivity contribution in [2.24, 2.45) is 10.9 Å². The number of anilines is 1. The second kappa shape index (κ2) is 19.2. The molecule has 4 heteroatoms. The Hall–Kier alpha value is -2.98. The van der Waals surface area contributed by atoms with E-state index in [1.54, 1.807) is 12.3 Å². The monoisotopic (exact) mass is 507 g/mol. The summed E-state index contributed by atoms with van der Waals surface area (Å²) in [6.07, 6.45) is 15.8. The number of likely N-dealkylation sites (tertiary alicyclic amines) is 1. The maximum Gasteiger partial charge on any atom is 0.147 e. The molecule has 1 fully saturated rings. The van der Waals surface area contributed by atoms with E-state index < -0.39 is 0 Å². The van der Waals surface area contributed by atoms with Crippen LogP contribution < -0.4 is 5.32 Å². The highest BCUT2D eigenvalue weighted by Crippen LogP contribution is 2.26. The molecule has 204 valence electrons. The molecule has 3 nitrogen and oxygen atoms in total. The third-order valence-electron chi connectivity index (χ3n) is 5.71. The molecular weight excluding hydrogens is 457 g/mol. The quantitative estimate of drug-likeness (QED) is 0.280. The molecule has 1 aromatic rings. The minimum Gasteiger partial charge on any atom is -0.353 e. The molecule has 0 unspecified atom stereocenters. The Balaban J connectivity index is 0.00000108. The van der Waals surface area contributed by atoms with Crippen LogP contribution in [0.4, 0.5) is 10.1 Å². The smallest absolute Gasteiger partial charge is 0.147 e. The Morgan fingerprint density at radius 2 is 1.68 bits per heavy atom. The predicted octanol–water partition coefficient (Wildman–Crippen LogP) is 9.52. The lowest BCUT2D eigenvalue weighted by Crippen LogP contribution is -2.28. The molecule has 0 spiro atoms. The predicted molar refractivity (Wildman–Crippen MR) is 166 cm³/mol. The zero-order valence-corrected chi connectivity index (χ0v) is 24.8. The number of aryl methyl sites for hydroxylation is 1. The van der Waals surface area contributed by atoms with Gasteiger partial charge in [0.25, 0.3) is 0 Å². The zero-order chi connectivity index (χ0) is 28.4. The highest BCUT2D eigenvalue weighted by atomic mass is 19.1. The molecule has 0 aromatic heterocycles. The molecule has 0 saturated carbocycles. The number of hydrogen-bond donors (Lipinski definition) is 1. The van der Waals surface area contributed by atoms with E-state index in [2.05, 4.69) is 42.3 Å². The molecule has 2 rings (SSSR count). The van der Waals surface area contributed by atoms with Crippen molar-refractivity contribution >= 4 is 17.0 Å². The molecule has 1 aromatic carbocycles. The van der Waals surface area contributed by atoms with E-state index in [0.717, 1.165) is 33.9 Å². The molecule has 1 N–H and O–H groups in total. The van der Waals surface area contributed by atoms with Crippen LogP contribution in [0.15, 0.2) is 84.2 Å². The van der Waals surface area contributed by atoms with Crippen molar-refractivity contribution in [2.45, 2.75) is 68.2 Å². The van der Waals surface area contributed by atoms with Gasteiger partial charge in [-0.1, -0.05) is 63.8 Å². The van der Waals surface area contributed by atoms with E-state index >= 15 is 0 Å². The van der Waals surface area contributed by atoms with E-state index in [4.69, 9.17) is 0 Å². The van der Waals surface area contributed by atoms with Crippen LogP contribution in [-0.2, 0) is 0 Å². The van der Waals surface area contributed by atoms with Crippen molar-refractivity contribution < 1.29 is 4.39 Å². The van der Waals surface area contributed by atoms with Crippen LogP contribution in [0.2, 0.25) is 0 Å². The lowest BCUT2D eigenvalue weighted by Gasteiger charge is -2.26. The molecule has 0 radical (unpaired) electrons. The van der Waals surface area contributed by atoms with Crippen molar-refractivity contribution in [3.05, 3.63) is 96.2 Å².